The minimum Gasteiger partial charge on any atom is -0.337 e. The zero-order valence-corrected chi connectivity index (χ0v) is 13.5. The molecule has 0 bridgehead atoms. The standard InChI is InChI=1S/C16H15BrClNO/c1-19(11-13-3-2-4-15(17)9-13)16(20)14-7-5-12(10-18)6-8-14/h2-9H,10-11H2,1H3. The molecule has 2 aromatic carbocycles. The van der Waals surface area contributed by atoms with E-state index in [9.17, 15) is 4.79 Å². The zero-order valence-electron chi connectivity index (χ0n) is 11.1. The molecule has 0 radical (unpaired) electrons. The van der Waals surface area contributed by atoms with Crippen LogP contribution in [0, 0.1) is 0 Å². The number of hydrogen-bond donors (Lipinski definition) is 0. The van der Waals surface area contributed by atoms with Crippen molar-refractivity contribution in [2.24, 2.45) is 0 Å². The molecule has 4 heteroatoms. The molecule has 0 aromatic heterocycles. The SMILES string of the molecule is CN(Cc1cccc(Br)c1)C(=O)c1ccc(CCl)cc1. The summed E-state index contributed by atoms with van der Waals surface area (Å²) in [5.41, 5.74) is 2.78. The Bertz CT molecular complexity index is 598. The fraction of sp³-hybridized carbons (Fsp3) is 0.188. The third-order valence-corrected chi connectivity index (χ3v) is 3.81. The van der Waals surface area contributed by atoms with Crippen molar-refractivity contribution in [2.75, 3.05) is 7.05 Å². The minimum absolute atomic E-state index is 0.00565. The number of alkyl halides is 1. The lowest BCUT2D eigenvalue weighted by Crippen LogP contribution is -2.26. The van der Waals surface area contributed by atoms with Gasteiger partial charge in [-0.1, -0.05) is 40.2 Å². The van der Waals surface area contributed by atoms with Crippen LogP contribution in [0.5, 0.6) is 0 Å². The van der Waals surface area contributed by atoms with Crippen LogP contribution in [0.15, 0.2) is 53.0 Å². The molecule has 0 saturated carbocycles. The summed E-state index contributed by atoms with van der Waals surface area (Å²) in [4.78, 5) is 14.0. The van der Waals surface area contributed by atoms with Crippen molar-refractivity contribution in [1.29, 1.82) is 0 Å². The van der Waals surface area contributed by atoms with Gasteiger partial charge in [-0.25, -0.2) is 0 Å². The summed E-state index contributed by atoms with van der Waals surface area (Å²) in [6, 6.07) is 15.4. The average molecular weight is 353 g/mol. The zero-order chi connectivity index (χ0) is 14.5. The molecular formula is C16H15BrClNO. The number of hydrogen-bond acceptors (Lipinski definition) is 1. The highest BCUT2D eigenvalue weighted by Gasteiger charge is 2.11. The Morgan fingerprint density at radius 3 is 2.45 bits per heavy atom. The van der Waals surface area contributed by atoms with E-state index in [2.05, 4.69) is 15.9 Å². The number of rotatable bonds is 4. The van der Waals surface area contributed by atoms with E-state index in [-0.39, 0.29) is 5.91 Å². The molecule has 0 unspecified atom stereocenters. The third kappa shape index (κ3) is 3.84. The third-order valence-electron chi connectivity index (χ3n) is 3.01. The van der Waals surface area contributed by atoms with Crippen molar-refractivity contribution in [1.82, 2.24) is 4.90 Å². The highest BCUT2D eigenvalue weighted by atomic mass is 79.9. The molecule has 104 valence electrons. The van der Waals surface area contributed by atoms with E-state index in [0.29, 0.717) is 18.0 Å². The van der Waals surface area contributed by atoms with Gasteiger partial charge in [-0.2, -0.15) is 0 Å². The van der Waals surface area contributed by atoms with E-state index in [1.165, 1.54) is 0 Å². The summed E-state index contributed by atoms with van der Waals surface area (Å²) < 4.78 is 1.02. The van der Waals surface area contributed by atoms with E-state index < -0.39 is 0 Å². The average Bonchev–Trinajstić information content (AvgIpc) is 2.46. The molecule has 0 aliphatic heterocycles. The van der Waals surface area contributed by atoms with E-state index in [4.69, 9.17) is 11.6 Å². The molecule has 0 saturated heterocycles. The van der Waals surface area contributed by atoms with Crippen LogP contribution in [0.3, 0.4) is 0 Å². The molecule has 0 N–H and O–H groups in total. The van der Waals surface area contributed by atoms with E-state index in [1.54, 1.807) is 11.9 Å². The van der Waals surface area contributed by atoms with Crippen LogP contribution in [0.25, 0.3) is 0 Å². The number of carbonyl (C=O) groups excluding carboxylic acids is 1. The van der Waals surface area contributed by atoms with E-state index in [1.807, 2.05) is 48.5 Å². The molecule has 2 nitrogen and oxygen atoms in total. The second-order valence-electron chi connectivity index (χ2n) is 4.62. The van der Waals surface area contributed by atoms with Crippen LogP contribution in [0.4, 0.5) is 0 Å². The van der Waals surface area contributed by atoms with Crippen molar-refractivity contribution < 1.29 is 4.79 Å². The summed E-state index contributed by atoms with van der Waals surface area (Å²) in [6.07, 6.45) is 0. The van der Waals surface area contributed by atoms with Crippen molar-refractivity contribution >= 4 is 33.4 Å². The molecule has 2 aromatic rings. The van der Waals surface area contributed by atoms with Crippen LogP contribution in [-0.4, -0.2) is 17.9 Å². The molecule has 1 amide bonds. The Balaban J connectivity index is 2.07. The van der Waals surface area contributed by atoms with E-state index in [0.717, 1.165) is 15.6 Å². The number of amides is 1. The molecule has 0 aliphatic carbocycles. The van der Waals surface area contributed by atoms with Gasteiger partial charge in [0.05, 0.1) is 0 Å². The summed E-state index contributed by atoms with van der Waals surface area (Å²) in [5, 5.41) is 0. The first-order chi connectivity index (χ1) is 9.60. The van der Waals surface area contributed by atoms with Crippen LogP contribution in [0.2, 0.25) is 0 Å². The van der Waals surface area contributed by atoms with Gasteiger partial charge in [-0.05, 0) is 35.4 Å². The fourth-order valence-electron chi connectivity index (χ4n) is 1.94. The summed E-state index contributed by atoms with van der Waals surface area (Å²) in [6.45, 7) is 0.579. The molecule has 0 fully saturated rings. The van der Waals surface area contributed by atoms with Crippen LogP contribution in [0.1, 0.15) is 21.5 Å². The Morgan fingerprint density at radius 2 is 1.85 bits per heavy atom. The van der Waals surface area contributed by atoms with Crippen LogP contribution >= 0.6 is 27.5 Å². The Hall–Kier alpha value is -1.32. The minimum atomic E-state index is 0.00565. The first-order valence-corrected chi connectivity index (χ1v) is 7.57. The van der Waals surface area contributed by atoms with Gasteiger partial charge in [0.2, 0.25) is 0 Å². The molecule has 0 atom stereocenters. The molecular weight excluding hydrogens is 338 g/mol. The van der Waals surface area contributed by atoms with Crippen molar-refractivity contribution in [3.8, 4) is 0 Å². The number of carbonyl (C=O) groups is 1. The van der Waals surface area contributed by atoms with Gasteiger partial charge in [-0.3, -0.25) is 4.79 Å². The Kier molecular flexibility index (Phi) is 5.21. The van der Waals surface area contributed by atoms with Gasteiger partial charge >= 0.3 is 0 Å². The molecule has 0 heterocycles. The number of nitrogens with zero attached hydrogens (tertiary/aromatic N) is 1. The predicted molar refractivity (Wildman–Crippen MR) is 85.9 cm³/mol. The Morgan fingerprint density at radius 1 is 1.15 bits per heavy atom. The molecule has 20 heavy (non-hydrogen) atoms. The van der Waals surface area contributed by atoms with Gasteiger partial charge in [0.1, 0.15) is 0 Å². The lowest BCUT2D eigenvalue weighted by atomic mass is 10.1. The quantitative estimate of drug-likeness (QED) is 0.744. The van der Waals surface area contributed by atoms with Gasteiger partial charge in [-0.15, -0.1) is 11.6 Å². The summed E-state index contributed by atoms with van der Waals surface area (Å²) in [5.74, 6) is 0.466. The number of benzene rings is 2. The second-order valence-corrected chi connectivity index (χ2v) is 5.80. The van der Waals surface area contributed by atoms with Gasteiger partial charge < -0.3 is 4.90 Å². The number of halogens is 2. The lowest BCUT2D eigenvalue weighted by Gasteiger charge is -2.17. The highest BCUT2D eigenvalue weighted by molar-refractivity contribution is 9.10. The normalized spacial score (nSPS) is 10.3. The molecule has 2 rings (SSSR count). The molecule has 0 aliphatic rings. The topological polar surface area (TPSA) is 20.3 Å². The summed E-state index contributed by atoms with van der Waals surface area (Å²) >= 11 is 9.18. The van der Waals surface area contributed by atoms with Gasteiger partial charge in [0.25, 0.3) is 5.91 Å². The maximum atomic E-state index is 12.3. The van der Waals surface area contributed by atoms with Crippen molar-refractivity contribution in [3.63, 3.8) is 0 Å². The smallest absolute Gasteiger partial charge is 0.253 e. The fourth-order valence-corrected chi connectivity index (χ4v) is 2.56. The summed E-state index contributed by atoms with van der Waals surface area (Å²) in [7, 11) is 1.80. The highest BCUT2D eigenvalue weighted by Crippen LogP contribution is 2.15. The largest absolute Gasteiger partial charge is 0.337 e. The molecule has 0 spiro atoms. The maximum Gasteiger partial charge on any atom is 0.253 e. The second kappa shape index (κ2) is 6.91. The monoisotopic (exact) mass is 351 g/mol. The Labute approximate surface area is 132 Å². The van der Waals surface area contributed by atoms with Crippen LogP contribution < -0.4 is 0 Å². The first-order valence-electron chi connectivity index (χ1n) is 6.25. The van der Waals surface area contributed by atoms with Crippen molar-refractivity contribution in [2.45, 2.75) is 12.4 Å². The van der Waals surface area contributed by atoms with Crippen LogP contribution in [-0.2, 0) is 12.4 Å². The first kappa shape index (κ1) is 15.1. The van der Waals surface area contributed by atoms with Gasteiger partial charge in [0, 0.05) is 29.5 Å². The van der Waals surface area contributed by atoms with Gasteiger partial charge in [0.15, 0.2) is 0 Å². The van der Waals surface area contributed by atoms with E-state index >= 15 is 0 Å². The van der Waals surface area contributed by atoms with Crippen molar-refractivity contribution in [3.05, 3.63) is 69.7 Å². The predicted octanol–water partition coefficient (Wildman–Crippen LogP) is 4.46. The lowest BCUT2D eigenvalue weighted by molar-refractivity contribution is 0.0785. The maximum absolute atomic E-state index is 12.3.